The molecule has 0 spiro atoms. The summed E-state index contributed by atoms with van der Waals surface area (Å²) in [6.45, 7) is 4.32. The van der Waals surface area contributed by atoms with Gasteiger partial charge in [-0.05, 0) is 33.0 Å². The predicted octanol–water partition coefficient (Wildman–Crippen LogP) is 1.33. The molecule has 4 nitrogen and oxygen atoms in total. The summed E-state index contributed by atoms with van der Waals surface area (Å²) in [7, 11) is -1.08. The summed E-state index contributed by atoms with van der Waals surface area (Å²) < 4.78 is 23.0. The van der Waals surface area contributed by atoms with Crippen LogP contribution in [0.15, 0.2) is 24.4 Å². The lowest BCUT2D eigenvalue weighted by atomic mass is 10.2. The highest BCUT2D eigenvalue weighted by molar-refractivity contribution is 7.91. The number of hydrogen-bond acceptors (Lipinski definition) is 4. The zero-order chi connectivity index (χ0) is 13.1. The van der Waals surface area contributed by atoms with Gasteiger partial charge in [-0.3, -0.25) is 9.88 Å². The molecule has 0 radical (unpaired) electrons. The van der Waals surface area contributed by atoms with Crippen molar-refractivity contribution < 1.29 is 8.42 Å². The molecule has 2 atom stereocenters. The van der Waals surface area contributed by atoms with Crippen molar-refractivity contribution in [3.05, 3.63) is 30.1 Å². The van der Waals surface area contributed by atoms with Gasteiger partial charge in [0.1, 0.15) is 0 Å². The van der Waals surface area contributed by atoms with Gasteiger partial charge in [-0.1, -0.05) is 6.07 Å². The van der Waals surface area contributed by atoms with E-state index in [2.05, 4.69) is 4.98 Å². The van der Waals surface area contributed by atoms with Gasteiger partial charge in [-0.2, -0.15) is 0 Å². The fourth-order valence-corrected chi connectivity index (χ4v) is 2.53. The summed E-state index contributed by atoms with van der Waals surface area (Å²) in [4.78, 5) is 6.24. The van der Waals surface area contributed by atoms with E-state index in [9.17, 15) is 8.42 Å². The maximum atomic E-state index is 11.5. The summed E-state index contributed by atoms with van der Waals surface area (Å²) in [5, 5.41) is -0.379. The second-order valence-corrected chi connectivity index (χ2v) is 6.91. The molecule has 0 aliphatic heterocycles. The maximum absolute atomic E-state index is 11.5. The van der Waals surface area contributed by atoms with Gasteiger partial charge in [0.05, 0.1) is 10.9 Å². The van der Waals surface area contributed by atoms with Crippen molar-refractivity contribution in [1.82, 2.24) is 9.88 Å². The molecule has 0 aliphatic carbocycles. The smallest absolute Gasteiger partial charge is 0.151 e. The largest absolute Gasteiger partial charge is 0.297 e. The first-order chi connectivity index (χ1) is 7.82. The van der Waals surface area contributed by atoms with E-state index < -0.39 is 9.84 Å². The molecule has 0 fully saturated rings. The number of aromatic nitrogens is 1. The lowest BCUT2D eigenvalue weighted by molar-refractivity contribution is 0.242. The third kappa shape index (κ3) is 4.09. The summed E-state index contributed by atoms with van der Waals surface area (Å²) >= 11 is 0. The lowest BCUT2D eigenvalue weighted by Crippen LogP contribution is -2.41. The van der Waals surface area contributed by atoms with E-state index in [1.807, 2.05) is 37.1 Å². The van der Waals surface area contributed by atoms with Crippen molar-refractivity contribution in [1.29, 1.82) is 0 Å². The van der Waals surface area contributed by atoms with E-state index in [0.29, 0.717) is 6.54 Å². The van der Waals surface area contributed by atoms with Crippen LogP contribution in [0, 0.1) is 0 Å². The van der Waals surface area contributed by atoms with Gasteiger partial charge in [0.25, 0.3) is 0 Å². The Morgan fingerprint density at radius 2 is 2.00 bits per heavy atom. The number of hydrogen-bond donors (Lipinski definition) is 0. The normalized spacial score (nSPS) is 15.8. The second kappa shape index (κ2) is 5.60. The van der Waals surface area contributed by atoms with E-state index in [1.54, 1.807) is 13.1 Å². The van der Waals surface area contributed by atoms with Gasteiger partial charge in [-0.25, -0.2) is 8.42 Å². The zero-order valence-electron chi connectivity index (χ0n) is 10.8. The third-order valence-corrected chi connectivity index (χ3v) is 4.93. The van der Waals surface area contributed by atoms with Crippen LogP contribution in [0.5, 0.6) is 0 Å². The Labute approximate surface area is 104 Å². The van der Waals surface area contributed by atoms with Gasteiger partial charge >= 0.3 is 0 Å². The van der Waals surface area contributed by atoms with Crippen LogP contribution >= 0.6 is 0 Å². The Hall–Kier alpha value is -0.940. The van der Waals surface area contributed by atoms with Crippen LogP contribution in [0.1, 0.15) is 19.5 Å². The molecule has 0 N–H and O–H groups in total. The molecular formula is C12H20N2O2S. The monoisotopic (exact) mass is 256 g/mol. The lowest BCUT2D eigenvalue weighted by Gasteiger charge is -2.28. The van der Waals surface area contributed by atoms with Gasteiger partial charge in [-0.15, -0.1) is 0 Å². The second-order valence-electron chi connectivity index (χ2n) is 4.51. The van der Waals surface area contributed by atoms with Crippen molar-refractivity contribution in [2.24, 2.45) is 0 Å². The Morgan fingerprint density at radius 3 is 2.47 bits per heavy atom. The SMILES string of the molecule is C[C@H]([C@H](C)S(C)(=O)=O)N(C)Cc1ccccn1. The van der Waals surface area contributed by atoms with E-state index in [1.165, 1.54) is 6.26 Å². The van der Waals surface area contributed by atoms with Crippen molar-refractivity contribution >= 4 is 9.84 Å². The molecular weight excluding hydrogens is 236 g/mol. The third-order valence-electron chi connectivity index (χ3n) is 3.19. The van der Waals surface area contributed by atoms with Crippen molar-refractivity contribution in [3.8, 4) is 0 Å². The van der Waals surface area contributed by atoms with Gasteiger partial charge in [0, 0.05) is 25.0 Å². The van der Waals surface area contributed by atoms with Crippen LogP contribution < -0.4 is 0 Å². The van der Waals surface area contributed by atoms with Crippen LogP contribution in [-0.4, -0.2) is 42.9 Å². The average molecular weight is 256 g/mol. The molecule has 0 aromatic carbocycles. The highest BCUT2D eigenvalue weighted by Gasteiger charge is 2.25. The first-order valence-electron chi connectivity index (χ1n) is 5.61. The first kappa shape index (κ1) is 14.1. The van der Waals surface area contributed by atoms with Crippen molar-refractivity contribution in [3.63, 3.8) is 0 Å². The van der Waals surface area contributed by atoms with Crippen LogP contribution in [0.25, 0.3) is 0 Å². The molecule has 5 heteroatoms. The maximum Gasteiger partial charge on any atom is 0.151 e. The van der Waals surface area contributed by atoms with Gasteiger partial charge < -0.3 is 0 Å². The summed E-state index contributed by atoms with van der Waals surface area (Å²) in [5.41, 5.74) is 0.947. The molecule has 0 saturated carbocycles. The number of pyridine rings is 1. The number of sulfone groups is 1. The van der Waals surface area contributed by atoms with E-state index >= 15 is 0 Å². The van der Waals surface area contributed by atoms with Gasteiger partial charge in [0.15, 0.2) is 9.84 Å². The Bertz CT molecular complexity index is 445. The fraction of sp³-hybridized carbons (Fsp3) is 0.583. The first-order valence-corrected chi connectivity index (χ1v) is 7.57. The highest BCUT2D eigenvalue weighted by Crippen LogP contribution is 2.12. The molecule has 1 aromatic heterocycles. The minimum atomic E-state index is -3.00. The Balaban J connectivity index is 2.68. The molecule has 0 unspecified atom stereocenters. The average Bonchev–Trinajstić information content (AvgIpc) is 2.27. The Morgan fingerprint density at radius 1 is 1.35 bits per heavy atom. The summed E-state index contributed by atoms with van der Waals surface area (Å²) in [5.74, 6) is 0. The molecule has 1 heterocycles. The molecule has 17 heavy (non-hydrogen) atoms. The van der Waals surface area contributed by atoms with Crippen LogP contribution in [0.4, 0.5) is 0 Å². The highest BCUT2D eigenvalue weighted by atomic mass is 32.2. The predicted molar refractivity (Wildman–Crippen MR) is 69.5 cm³/mol. The minimum absolute atomic E-state index is 0.0352. The summed E-state index contributed by atoms with van der Waals surface area (Å²) in [6.07, 6.45) is 3.02. The van der Waals surface area contributed by atoms with E-state index in [4.69, 9.17) is 0 Å². The van der Waals surface area contributed by atoms with Gasteiger partial charge in [0.2, 0.25) is 0 Å². The quantitative estimate of drug-likeness (QED) is 0.797. The molecule has 0 bridgehead atoms. The number of nitrogens with zero attached hydrogens (tertiary/aromatic N) is 2. The van der Waals surface area contributed by atoms with E-state index in [0.717, 1.165) is 5.69 Å². The molecule has 0 aliphatic rings. The molecule has 0 saturated heterocycles. The molecule has 0 amide bonds. The van der Waals surface area contributed by atoms with Crippen LogP contribution in [-0.2, 0) is 16.4 Å². The van der Waals surface area contributed by atoms with Crippen LogP contribution in [0.2, 0.25) is 0 Å². The van der Waals surface area contributed by atoms with Crippen molar-refractivity contribution in [2.75, 3.05) is 13.3 Å². The topological polar surface area (TPSA) is 50.3 Å². The zero-order valence-corrected chi connectivity index (χ0v) is 11.6. The Kier molecular flexibility index (Phi) is 4.65. The van der Waals surface area contributed by atoms with Crippen molar-refractivity contribution in [2.45, 2.75) is 31.7 Å². The minimum Gasteiger partial charge on any atom is -0.297 e. The van der Waals surface area contributed by atoms with E-state index in [-0.39, 0.29) is 11.3 Å². The molecule has 96 valence electrons. The molecule has 1 rings (SSSR count). The number of rotatable bonds is 5. The summed E-state index contributed by atoms with van der Waals surface area (Å²) in [6, 6.07) is 5.70. The fourth-order valence-electron chi connectivity index (χ4n) is 1.61. The standard InChI is InChI=1S/C12H20N2O2S/c1-10(11(2)17(4,15)16)14(3)9-12-7-5-6-8-13-12/h5-8,10-11H,9H2,1-4H3/t10-,11+/m1/s1. The molecule has 1 aromatic rings. The van der Waals surface area contributed by atoms with Crippen LogP contribution in [0.3, 0.4) is 0 Å².